The number of hydrogen-bond acceptors (Lipinski definition) is 6. The number of carbonyl (C=O) groups excluding carboxylic acids is 1. The minimum absolute atomic E-state index is 0.0301. The Morgan fingerprint density at radius 3 is 2.86 bits per heavy atom. The molecule has 1 heterocycles. The van der Waals surface area contributed by atoms with Gasteiger partial charge in [0.15, 0.2) is 0 Å². The summed E-state index contributed by atoms with van der Waals surface area (Å²) in [6.07, 6.45) is 3.13. The highest BCUT2D eigenvalue weighted by molar-refractivity contribution is 7.99. The van der Waals surface area contributed by atoms with Crippen LogP contribution in [-0.4, -0.2) is 28.5 Å². The van der Waals surface area contributed by atoms with Crippen molar-refractivity contribution < 1.29 is 13.9 Å². The summed E-state index contributed by atoms with van der Waals surface area (Å²) < 4.78 is 11.1. The Balaban J connectivity index is 1.32. The van der Waals surface area contributed by atoms with Crippen LogP contribution in [-0.2, 0) is 11.2 Å². The lowest BCUT2D eigenvalue weighted by molar-refractivity contribution is -0.119. The van der Waals surface area contributed by atoms with Gasteiger partial charge in [0.1, 0.15) is 5.75 Å². The number of fused-ring (bicyclic) bond motifs is 1. The van der Waals surface area contributed by atoms with Crippen molar-refractivity contribution in [3.63, 3.8) is 0 Å². The van der Waals surface area contributed by atoms with Crippen molar-refractivity contribution in [3.8, 4) is 17.2 Å². The first kappa shape index (κ1) is 19.5. The SMILES string of the molecule is CCOc1ccc(-c2nnc(SCC(=O)N[C@@H]3CCCc4ccccc43)o2)cc1. The fourth-order valence-electron chi connectivity index (χ4n) is 3.51. The molecule has 1 atom stereocenters. The molecule has 0 fully saturated rings. The van der Waals surface area contributed by atoms with Crippen LogP contribution in [0.15, 0.2) is 58.2 Å². The van der Waals surface area contributed by atoms with E-state index < -0.39 is 0 Å². The summed E-state index contributed by atoms with van der Waals surface area (Å²) in [6.45, 7) is 2.56. The molecule has 0 radical (unpaired) electrons. The summed E-state index contributed by atoms with van der Waals surface area (Å²) in [5.74, 6) is 1.44. The molecule has 1 aliphatic rings. The van der Waals surface area contributed by atoms with Crippen LogP contribution in [0.5, 0.6) is 5.75 Å². The Hall–Kier alpha value is -2.80. The number of aromatic nitrogens is 2. The first-order valence-corrected chi connectivity index (χ1v) is 10.8. The fraction of sp³-hybridized carbons (Fsp3) is 0.318. The average Bonchev–Trinajstić information content (AvgIpc) is 3.22. The third-order valence-corrected chi connectivity index (χ3v) is 5.67. The molecule has 1 aliphatic carbocycles. The van der Waals surface area contributed by atoms with Gasteiger partial charge in [0, 0.05) is 5.56 Å². The van der Waals surface area contributed by atoms with E-state index in [0.717, 1.165) is 30.6 Å². The van der Waals surface area contributed by atoms with Crippen molar-refractivity contribution in [3.05, 3.63) is 59.7 Å². The van der Waals surface area contributed by atoms with Gasteiger partial charge in [0.05, 0.1) is 18.4 Å². The summed E-state index contributed by atoms with van der Waals surface area (Å²) >= 11 is 1.25. The lowest BCUT2D eigenvalue weighted by Crippen LogP contribution is -2.32. The van der Waals surface area contributed by atoms with Crippen LogP contribution in [0.25, 0.3) is 11.5 Å². The highest BCUT2D eigenvalue weighted by Gasteiger charge is 2.21. The van der Waals surface area contributed by atoms with Gasteiger partial charge >= 0.3 is 0 Å². The maximum atomic E-state index is 12.4. The van der Waals surface area contributed by atoms with Crippen molar-refractivity contribution in [2.24, 2.45) is 0 Å². The van der Waals surface area contributed by atoms with Crippen molar-refractivity contribution in [1.29, 1.82) is 0 Å². The number of nitrogens with one attached hydrogen (secondary N) is 1. The number of aryl methyl sites for hydroxylation is 1. The molecular formula is C22H23N3O3S. The molecule has 1 aromatic heterocycles. The van der Waals surface area contributed by atoms with Gasteiger partial charge in [-0.25, -0.2) is 0 Å². The Kier molecular flexibility index (Phi) is 6.14. The number of benzene rings is 2. The van der Waals surface area contributed by atoms with Crippen molar-refractivity contribution in [1.82, 2.24) is 15.5 Å². The molecule has 29 heavy (non-hydrogen) atoms. The summed E-state index contributed by atoms with van der Waals surface area (Å²) in [5, 5.41) is 11.6. The van der Waals surface area contributed by atoms with Crippen LogP contribution in [0.4, 0.5) is 0 Å². The van der Waals surface area contributed by atoms with Gasteiger partial charge in [0.2, 0.25) is 11.8 Å². The van der Waals surface area contributed by atoms with Gasteiger partial charge in [-0.3, -0.25) is 4.79 Å². The van der Waals surface area contributed by atoms with Crippen LogP contribution < -0.4 is 10.1 Å². The van der Waals surface area contributed by atoms with E-state index in [1.54, 1.807) is 0 Å². The fourth-order valence-corrected chi connectivity index (χ4v) is 4.09. The smallest absolute Gasteiger partial charge is 0.277 e. The number of nitrogens with zero attached hydrogens (tertiary/aromatic N) is 2. The average molecular weight is 410 g/mol. The Labute approximate surface area is 174 Å². The normalized spacial score (nSPS) is 15.6. The molecule has 0 aliphatic heterocycles. The Morgan fingerprint density at radius 2 is 2.03 bits per heavy atom. The molecule has 150 valence electrons. The number of rotatable bonds is 7. The van der Waals surface area contributed by atoms with Crippen LogP contribution in [0.2, 0.25) is 0 Å². The highest BCUT2D eigenvalue weighted by atomic mass is 32.2. The van der Waals surface area contributed by atoms with E-state index in [2.05, 4.69) is 33.7 Å². The largest absolute Gasteiger partial charge is 0.494 e. The molecule has 7 heteroatoms. The molecule has 0 saturated heterocycles. The minimum Gasteiger partial charge on any atom is -0.494 e. The topological polar surface area (TPSA) is 77.2 Å². The second kappa shape index (κ2) is 9.13. The molecule has 1 amide bonds. The van der Waals surface area contributed by atoms with Crippen molar-refractivity contribution in [2.75, 3.05) is 12.4 Å². The molecule has 4 rings (SSSR count). The standard InChI is InChI=1S/C22H23N3O3S/c1-2-27-17-12-10-16(11-13-17)21-24-25-22(28-21)29-14-20(26)23-19-9-5-7-15-6-3-4-8-18(15)19/h3-4,6,8,10-13,19H,2,5,7,9,14H2,1H3,(H,23,26)/t19-/m1/s1. The van der Waals surface area contributed by atoms with Gasteiger partial charge in [-0.15, -0.1) is 10.2 Å². The zero-order valence-corrected chi connectivity index (χ0v) is 17.1. The molecule has 0 bridgehead atoms. The third-order valence-electron chi connectivity index (χ3n) is 4.85. The predicted molar refractivity (Wildman–Crippen MR) is 112 cm³/mol. The number of carbonyl (C=O) groups is 1. The van der Waals surface area contributed by atoms with Gasteiger partial charge in [-0.1, -0.05) is 36.0 Å². The van der Waals surface area contributed by atoms with Gasteiger partial charge < -0.3 is 14.5 Å². The summed E-state index contributed by atoms with van der Waals surface area (Å²) in [7, 11) is 0. The molecule has 0 saturated carbocycles. The van der Waals surface area contributed by atoms with E-state index in [4.69, 9.17) is 9.15 Å². The number of thioether (sulfide) groups is 1. The number of hydrogen-bond donors (Lipinski definition) is 1. The molecular weight excluding hydrogens is 386 g/mol. The second-order valence-electron chi connectivity index (χ2n) is 6.83. The summed E-state index contributed by atoms with van der Waals surface area (Å²) in [5.41, 5.74) is 3.37. The van der Waals surface area contributed by atoms with Crippen LogP contribution in [0.3, 0.4) is 0 Å². The Morgan fingerprint density at radius 1 is 1.21 bits per heavy atom. The lowest BCUT2D eigenvalue weighted by atomic mass is 9.88. The molecule has 6 nitrogen and oxygen atoms in total. The molecule has 1 N–H and O–H groups in total. The molecule has 0 unspecified atom stereocenters. The van der Waals surface area contributed by atoms with E-state index in [1.807, 2.05) is 37.3 Å². The quantitative estimate of drug-likeness (QED) is 0.582. The van der Waals surface area contributed by atoms with E-state index in [0.29, 0.717) is 17.7 Å². The van der Waals surface area contributed by atoms with Gasteiger partial charge in [-0.2, -0.15) is 0 Å². The third kappa shape index (κ3) is 4.79. The summed E-state index contributed by atoms with van der Waals surface area (Å²) in [6, 6.07) is 15.9. The van der Waals surface area contributed by atoms with Crippen molar-refractivity contribution >= 4 is 17.7 Å². The second-order valence-corrected chi connectivity index (χ2v) is 7.76. The van der Waals surface area contributed by atoms with Crippen molar-refractivity contribution in [2.45, 2.75) is 37.5 Å². The van der Waals surface area contributed by atoms with E-state index in [-0.39, 0.29) is 17.7 Å². The predicted octanol–water partition coefficient (Wildman–Crippen LogP) is 4.42. The van der Waals surface area contributed by atoms with Gasteiger partial charge in [-0.05, 0) is 61.6 Å². The zero-order chi connectivity index (χ0) is 20.1. The lowest BCUT2D eigenvalue weighted by Gasteiger charge is -2.26. The maximum Gasteiger partial charge on any atom is 0.277 e. The van der Waals surface area contributed by atoms with E-state index in [1.165, 1.54) is 22.9 Å². The van der Waals surface area contributed by atoms with Crippen LogP contribution in [0.1, 0.15) is 36.9 Å². The van der Waals surface area contributed by atoms with Gasteiger partial charge in [0.25, 0.3) is 5.22 Å². The first-order chi connectivity index (χ1) is 14.2. The first-order valence-electron chi connectivity index (χ1n) is 9.79. The molecule has 3 aromatic rings. The Bertz CT molecular complexity index is 971. The monoisotopic (exact) mass is 409 g/mol. The zero-order valence-electron chi connectivity index (χ0n) is 16.3. The minimum atomic E-state index is -0.0301. The van der Waals surface area contributed by atoms with E-state index >= 15 is 0 Å². The number of amides is 1. The maximum absolute atomic E-state index is 12.4. The summed E-state index contributed by atoms with van der Waals surface area (Å²) in [4.78, 5) is 12.4. The molecule has 0 spiro atoms. The van der Waals surface area contributed by atoms with E-state index in [9.17, 15) is 4.79 Å². The van der Waals surface area contributed by atoms with Crippen LogP contribution in [0, 0.1) is 0 Å². The van der Waals surface area contributed by atoms with Crippen LogP contribution >= 0.6 is 11.8 Å². The number of ether oxygens (including phenoxy) is 1. The molecule has 2 aromatic carbocycles. The highest BCUT2D eigenvalue weighted by Crippen LogP contribution is 2.30.